The summed E-state index contributed by atoms with van der Waals surface area (Å²) in [5.41, 5.74) is 2.47. The third-order valence-electron chi connectivity index (χ3n) is 3.03. The molecule has 2 aromatic rings. The van der Waals surface area contributed by atoms with Gasteiger partial charge in [-0.3, -0.25) is 4.79 Å². The molecule has 0 saturated heterocycles. The number of nitrogen functional groups attached to an aromatic ring is 1. The first kappa shape index (κ1) is 14.6. The summed E-state index contributed by atoms with van der Waals surface area (Å²) in [5.74, 6) is 6.92. The van der Waals surface area contributed by atoms with Gasteiger partial charge in [0, 0.05) is 5.75 Å². The molecule has 0 amide bonds. The zero-order valence-electron chi connectivity index (χ0n) is 11.8. The van der Waals surface area contributed by atoms with Crippen molar-refractivity contribution in [2.45, 2.75) is 37.6 Å². The van der Waals surface area contributed by atoms with Crippen LogP contribution < -0.4 is 11.4 Å². The highest BCUT2D eigenvalue weighted by Crippen LogP contribution is 2.21. The number of thioether (sulfide) groups is 1. The van der Waals surface area contributed by atoms with Crippen LogP contribution in [0.1, 0.15) is 36.6 Å². The maximum Gasteiger partial charge on any atom is 0.294 e. The van der Waals surface area contributed by atoms with E-state index in [9.17, 15) is 4.79 Å². The molecule has 0 fully saturated rings. The lowest BCUT2D eigenvalue weighted by Gasteiger charge is -2.08. The van der Waals surface area contributed by atoms with E-state index >= 15 is 0 Å². The quantitative estimate of drug-likeness (QED) is 0.689. The Hall–Kier alpha value is -1.82. The van der Waals surface area contributed by atoms with E-state index in [0.717, 1.165) is 10.2 Å². The van der Waals surface area contributed by atoms with Gasteiger partial charge in [0.2, 0.25) is 5.16 Å². The van der Waals surface area contributed by atoms with Crippen LogP contribution in [0.5, 0.6) is 0 Å². The van der Waals surface area contributed by atoms with E-state index in [4.69, 9.17) is 5.84 Å². The van der Waals surface area contributed by atoms with Crippen molar-refractivity contribution < 1.29 is 0 Å². The zero-order chi connectivity index (χ0) is 14.7. The van der Waals surface area contributed by atoms with Crippen LogP contribution in [-0.2, 0) is 5.75 Å². The molecule has 106 valence electrons. The normalized spacial score (nSPS) is 11.0. The van der Waals surface area contributed by atoms with E-state index in [1.807, 2.05) is 0 Å². The van der Waals surface area contributed by atoms with Crippen LogP contribution in [-0.4, -0.2) is 14.9 Å². The monoisotopic (exact) mass is 290 g/mol. The third kappa shape index (κ3) is 3.19. The number of rotatable bonds is 4. The molecule has 0 spiro atoms. The van der Waals surface area contributed by atoms with Crippen molar-refractivity contribution in [3.8, 4) is 0 Å². The molecule has 5 nitrogen and oxygen atoms in total. The minimum absolute atomic E-state index is 0.304. The van der Waals surface area contributed by atoms with Gasteiger partial charge in [0.15, 0.2) is 0 Å². The Bertz CT molecular complexity index is 649. The molecule has 0 atom stereocenters. The van der Waals surface area contributed by atoms with Gasteiger partial charge in [-0.15, -0.1) is 10.2 Å². The minimum Gasteiger partial charge on any atom is -0.334 e. The lowest BCUT2D eigenvalue weighted by molar-refractivity contribution is 0.681. The van der Waals surface area contributed by atoms with Crippen LogP contribution in [0.15, 0.2) is 34.2 Å². The molecular weight excluding hydrogens is 272 g/mol. The van der Waals surface area contributed by atoms with E-state index in [1.165, 1.54) is 17.3 Å². The Morgan fingerprint density at radius 2 is 1.90 bits per heavy atom. The van der Waals surface area contributed by atoms with Gasteiger partial charge in [-0.05, 0) is 24.0 Å². The molecule has 1 aromatic heterocycles. The lowest BCUT2D eigenvalue weighted by atomic mass is 10.0. The van der Waals surface area contributed by atoms with Crippen molar-refractivity contribution in [3.05, 3.63) is 51.4 Å². The van der Waals surface area contributed by atoms with Gasteiger partial charge in [-0.2, -0.15) is 4.68 Å². The first-order valence-electron chi connectivity index (χ1n) is 6.42. The highest BCUT2D eigenvalue weighted by molar-refractivity contribution is 7.98. The van der Waals surface area contributed by atoms with E-state index in [-0.39, 0.29) is 5.56 Å². The standard InChI is InChI=1S/C14H18N4OS/c1-9(2)12-6-4-11(5-7-12)8-20-14-17-16-10(3)13(19)18(14)15/h4-7,9H,8,15H2,1-3H3. The van der Waals surface area contributed by atoms with Crippen LogP contribution in [0.25, 0.3) is 0 Å². The van der Waals surface area contributed by atoms with Crippen molar-refractivity contribution in [3.63, 3.8) is 0 Å². The predicted octanol–water partition coefficient (Wildman–Crippen LogP) is 2.08. The van der Waals surface area contributed by atoms with Crippen molar-refractivity contribution in [2.75, 3.05) is 5.84 Å². The first-order chi connectivity index (χ1) is 9.49. The molecule has 0 saturated carbocycles. The molecule has 20 heavy (non-hydrogen) atoms. The number of benzene rings is 1. The van der Waals surface area contributed by atoms with Crippen LogP contribution in [0, 0.1) is 6.92 Å². The molecule has 0 aliphatic heterocycles. The zero-order valence-corrected chi connectivity index (χ0v) is 12.6. The largest absolute Gasteiger partial charge is 0.334 e. The second-order valence-corrected chi connectivity index (χ2v) is 5.87. The topological polar surface area (TPSA) is 73.8 Å². The summed E-state index contributed by atoms with van der Waals surface area (Å²) in [6.07, 6.45) is 0. The Morgan fingerprint density at radius 3 is 2.50 bits per heavy atom. The second-order valence-electron chi connectivity index (χ2n) is 4.93. The number of aryl methyl sites for hydroxylation is 1. The number of hydrogen-bond donors (Lipinski definition) is 1. The van der Waals surface area contributed by atoms with Crippen LogP contribution in [0.3, 0.4) is 0 Å². The average Bonchev–Trinajstić information content (AvgIpc) is 2.44. The predicted molar refractivity (Wildman–Crippen MR) is 81.3 cm³/mol. The van der Waals surface area contributed by atoms with E-state index in [1.54, 1.807) is 6.92 Å². The number of nitrogens with zero attached hydrogens (tertiary/aromatic N) is 3. The summed E-state index contributed by atoms with van der Waals surface area (Å²) in [6.45, 7) is 5.93. The Labute approximate surface area is 122 Å². The van der Waals surface area contributed by atoms with Gasteiger partial charge in [0.1, 0.15) is 5.69 Å². The molecule has 0 radical (unpaired) electrons. The fraction of sp³-hybridized carbons (Fsp3) is 0.357. The highest BCUT2D eigenvalue weighted by Gasteiger charge is 2.07. The SMILES string of the molecule is Cc1nnc(SCc2ccc(C(C)C)cc2)n(N)c1=O. The van der Waals surface area contributed by atoms with Crippen LogP contribution >= 0.6 is 11.8 Å². The molecular formula is C14H18N4OS. The fourth-order valence-electron chi connectivity index (χ4n) is 1.71. The third-order valence-corrected chi connectivity index (χ3v) is 4.05. The first-order valence-corrected chi connectivity index (χ1v) is 7.40. The van der Waals surface area contributed by atoms with Crippen molar-refractivity contribution in [1.82, 2.24) is 14.9 Å². The molecule has 6 heteroatoms. The van der Waals surface area contributed by atoms with E-state index in [0.29, 0.717) is 22.5 Å². The summed E-state index contributed by atoms with van der Waals surface area (Å²) < 4.78 is 1.05. The van der Waals surface area contributed by atoms with Gasteiger partial charge in [-0.25, -0.2) is 0 Å². The Morgan fingerprint density at radius 1 is 1.25 bits per heavy atom. The number of aromatic nitrogens is 3. The minimum atomic E-state index is -0.308. The maximum atomic E-state index is 11.6. The molecule has 0 bridgehead atoms. The second kappa shape index (κ2) is 6.09. The summed E-state index contributed by atoms with van der Waals surface area (Å²) in [4.78, 5) is 11.6. The van der Waals surface area contributed by atoms with Gasteiger partial charge in [0.05, 0.1) is 0 Å². The van der Waals surface area contributed by atoms with Crippen LogP contribution in [0.4, 0.5) is 0 Å². The number of nitrogens with two attached hydrogens (primary N) is 1. The summed E-state index contributed by atoms with van der Waals surface area (Å²) in [5, 5.41) is 8.18. The van der Waals surface area contributed by atoms with Gasteiger partial charge in [-0.1, -0.05) is 49.9 Å². The van der Waals surface area contributed by atoms with Gasteiger partial charge in [0.25, 0.3) is 5.56 Å². The van der Waals surface area contributed by atoms with E-state index < -0.39 is 0 Å². The van der Waals surface area contributed by atoms with Crippen molar-refractivity contribution in [1.29, 1.82) is 0 Å². The van der Waals surface area contributed by atoms with Gasteiger partial charge >= 0.3 is 0 Å². The highest BCUT2D eigenvalue weighted by atomic mass is 32.2. The van der Waals surface area contributed by atoms with E-state index in [2.05, 4.69) is 48.3 Å². The summed E-state index contributed by atoms with van der Waals surface area (Å²) >= 11 is 1.40. The Balaban J connectivity index is 2.09. The average molecular weight is 290 g/mol. The molecule has 2 N–H and O–H groups in total. The smallest absolute Gasteiger partial charge is 0.294 e. The summed E-state index contributed by atoms with van der Waals surface area (Å²) in [7, 11) is 0. The Kier molecular flexibility index (Phi) is 4.44. The molecule has 0 unspecified atom stereocenters. The molecule has 1 heterocycles. The molecule has 2 rings (SSSR count). The summed E-state index contributed by atoms with van der Waals surface area (Å²) in [6, 6.07) is 8.42. The molecule has 1 aromatic carbocycles. The molecule has 0 aliphatic rings. The van der Waals surface area contributed by atoms with Crippen LogP contribution in [0.2, 0.25) is 0 Å². The van der Waals surface area contributed by atoms with Crippen molar-refractivity contribution in [2.24, 2.45) is 0 Å². The maximum absolute atomic E-state index is 11.6. The van der Waals surface area contributed by atoms with Gasteiger partial charge < -0.3 is 5.84 Å². The van der Waals surface area contributed by atoms with Crippen molar-refractivity contribution >= 4 is 11.8 Å². The molecule has 0 aliphatic carbocycles. The fourth-order valence-corrected chi connectivity index (χ4v) is 2.52. The lowest BCUT2D eigenvalue weighted by Crippen LogP contribution is -2.32. The number of hydrogen-bond acceptors (Lipinski definition) is 5.